The Balaban J connectivity index is 1.39. The van der Waals surface area contributed by atoms with Gasteiger partial charge in [0.15, 0.2) is 11.5 Å². The van der Waals surface area contributed by atoms with Crippen LogP contribution in [0.3, 0.4) is 0 Å². The molecule has 2 aliphatic heterocycles. The maximum absolute atomic E-state index is 13.9. The second-order valence-corrected chi connectivity index (χ2v) is 10.1. The molecule has 3 aromatic rings. The molecule has 5 rings (SSSR count). The van der Waals surface area contributed by atoms with Crippen molar-refractivity contribution in [2.75, 3.05) is 58.5 Å². The van der Waals surface area contributed by atoms with E-state index < -0.39 is 0 Å². The molecular formula is C32H39N3O4. The second-order valence-electron chi connectivity index (χ2n) is 10.1. The standard InChI is InChI=1S/C32H39N3O4/c1-4-33-17-19-34(20-18-33)29-13-8-12-26-27(29)23-35(32(26)36)28(14-9-21-39-25-10-6-5-7-11-25)24-15-16-30(37-2)31(22-24)38-3/h5-8,10-13,15-16,22,28H,4,9,14,17-21,23H2,1-3H3. The molecule has 1 unspecified atom stereocenters. The van der Waals surface area contributed by atoms with Crippen molar-refractivity contribution in [3.8, 4) is 17.2 Å². The number of anilines is 1. The Kier molecular flexibility index (Phi) is 8.57. The number of hydrogen-bond donors (Lipinski definition) is 0. The van der Waals surface area contributed by atoms with E-state index in [4.69, 9.17) is 14.2 Å². The highest BCUT2D eigenvalue weighted by atomic mass is 16.5. The van der Waals surface area contributed by atoms with Gasteiger partial charge in [-0.1, -0.05) is 37.3 Å². The molecular weight excluding hydrogens is 490 g/mol. The predicted molar refractivity (Wildman–Crippen MR) is 154 cm³/mol. The number of piperazine rings is 1. The van der Waals surface area contributed by atoms with Crippen LogP contribution in [0.4, 0.5) is 5.69 Å². The Morgan fingerprint density at radius 3 is 2.36 bits per heavy atom. The van der Waals surface area contributed by atoms with E-state index in [1.165, 1.54) is 5.69 Å². The molecule has 7 nitrogen and oxygen atoms in total. The zero-order valence-electron chi connectivity index (χ0n) is 23.3. The van der Waals surface area contributed by atoms with Crippen molar-refractivity contribution in [1.82, 2.24) is 9.80 Å². The number of benzene rings is 3. The molecule has 206 valence electrons. The molecule has 0 aliphatic carbocycles. The van der Waals surface area contributed by atoms with Gasteiger partial charge in [-0.2, -0.15) is 0 Å². The maximum Gasteiger partial charge on any atom is 0.255 e. The van der Waals surface area contributed by atoms with Gasteiger partial charge in [-0.15, -0.1) is 0 Å². The number of fused-ring (bicyclic) bond motifs is 1. The average Bonchev–Trinajstić information content (AvgIpc) is 3.33. The van der Waals surface area contributed by atoms with Crippen LogP contribution < -0.4 is 19.1 Å². The smallest absolute Gasteiger partial charge is 0.255 e. The molecule has 0 saturated carbocycles. The number of rotatable bonds is 11. The number of amides is 1. The normalized spacial score (nSPS) is 16.2. The van der Waals surface area contributed by atoms with Gasteiger partial charge < -0.3 is 28.9 Å². The summed E-state index contributed by atoms with van der Waals surface area (Å²) in [6.07, 6.45) is 1.58. The third-order valence-electron chi connectivity index (χ3n) is 7.93. The van der Waals surface area contributed by atoms with Crippen molar-refractivity contribution in [3.05, 3.63) is 83.4 Å². The summed E-state index contributed by atoms with van der Waals surface area (Å²) in [7, 11) is 3.28. The minimum atomic E-state index is -0.117. The largest absolute Gasteiger partial charge is 0.494 e. The summed E-state index contributed by atoms with van der Waals surface area (Å²) in [5, 5.41) is 0. The predicted octanol–water partition coefficient (Wildman–Crippen LogP) is 5.40. The van der Waals surface area contributed by atoms with E-state index in [-0.39, 0.29) is 11.9 Å². The molecule has 1 fully saturated rings. The van der Waals surface area contributed by atoms with Gasteiger partial charge in [-0.25, -0.2) is 0 Å². The SMILES string of the molecule is CCN1CCN(c2cccc3c2CN(C(CCCOc2ccccc2)c2ccc(OC)c(OC)c2)C3=O)CC1. The van der Waals surface area contributed by atoms with Gasteiger partial charge >= 0.3 is 0 Å². The Hall–Kier alpha value is -3.71. The molecule has 0 radical (unpaired) electrons. The van der Waals surface area contributed by atoms with Crippen LogP contribution in [-0.2, 0) is 6.54 Å². The zero-order valence-corrected chi connectivity index (χ0v) is 23.3. The molecule has 1 saturated heterocycles. The van der Waals surface area contributed by atoms with Crippen LogP contribution in [0, 0.1) is 0 Å². The van der Waals surface area contributed by atoms with E-state index in [2.05, 4.69) is 22.8 Å². The number of nitrogens with zero attached hydrogens (tertiary/aromatic N) is 3. The van der Waals surface area contributed by atoms with Gasteiger partial charge in [0.2, 0.25) is 0 Å². The molecule has 1 atom stereocenters. The van der Waals surface area contributed by atoms with E-state index in [9.17, 15) is 4.79 Å². The van der Waals surface area contributed by atoms with Gasteiger partial charge in [0.25, 0.3) is 5.91 Å². The topological polar surface area (TPSA) is 54.5 Å². The number of hydrogen-bond acceptors (Lipinski definition) is 6. The van der Waals surface area contributed by atoms with Crippen LogP contribution in [-0.4, -0.2) is 69.3 Å². The van der Waals surface area contributed by atoms with Gasteiger partial charge in [0.1, 0.15) is 5.75 Å². The molecule has 0 spiro atoms. The Morgan fingerprint density at radius 1 is 0.872 bits per heavy atom. The van der Waals surface area contributed by atoms with Gasteiger partial charge in [-0.3, -0.25) is 4.79 Å². The van der Waals surface area contributed by atoms with Crippen LogP contribution in [0.1, 0.15) is 47.3 Å². The number of ether oxygens (including phenoxy) is 3. The molecule has 0 aromatic heterocycles. The summed E-state index contributed by atoms with van der Waals surface area (Å²) in [4.78, 5) is 20.8. The van der Waals surface area contributed by atoms with Crippen LogP contribution in [0.15, 0.2) is 66.7 Å². The number of carbonyl (C=O) groups excluding carboxylic acids is 1. The monoisotopic (exact) mass is 529 g/mol. The molecule has 1 amide bonds. The van der Waals surface area contributed by atoms with E-state index >= 15 is 0 Å². The summed E-state index contributed by atoms with van der Waals surface area (Å²) in [6, 6.07) is 21.9. The van der Waals surface area contributed by atoms with E-state index in [0.29, 0.717) is 24.7 Å². The third kappa shape index (κ3) is 5.83. The zero-order chi connectivity index (χ0) is 27.2. The van der Waals surface area contributed by atoms with Crippen LogP contribution in [0.25, 0.3) is 0 Å². The molecule has 2 aliphatic rings. The lowest BCUT2D eigenvalue weighted by molar-refractivity contribution is 0.0684. The van der Waals surface area contributed by atoms with E-state index in [1.54, 1.807) is 14.2 Å². The summed E-state index contributed by atoms with van der Waals surface area (Å²) in [5.41, 5.74) is 4.18. The lowest BCUT2D eigenvalue weighted by Crippen LogP contribution is -2.46. The van der Waals surface area contributed by atoms with Crippen molar-refractivity contribution in [3.63, 3.8) is 0 Å². The van der Waals surface area contributed by atoms with Crippen LogP contribution in [0.2, 0.25) is 0 Å². The Labute approximate surface area is 231 Å². The summed E-state index contributed by atoms with van der Waals surface area (Å²) < 4.78 is 17.1. The molecule has 2 heterocycles. The first-order valence-corrected chi connectivity index (χ1v) is 13.9. The molecule has 3 aromatic carbocycles. The van der Waals surface area contributed by atoms with Gasteiger partial charge in [0, 0.05) is 49.5 Å². The van der Waals surface area contributed by atoms with E-state index in [0.717, 1.165) is 68.0 Å². The highest BCUT2D eigenvalue weighted by Gasteiger charge is 2.36. The fraction of sp³-hybridized carbons (Fsp3) is 0.406. The van der Waals surface area contributed by atoms with Crippen molar-refractivity contribution < 1.29 is 19.0 Å². The third-order valence-corrected chi connectivity index (χ3v) is 7.93. The number of likely N-dealkylation sites (N-methyl/N-ethyl adjacent to an activating group) is 1. The van der Waals surface area contributed by atoms with Crippen molar-refractivity contribution >= 4 is 11.6 Å². The molecule has 39 heavy (non-hydrogen) atoms. The Bertz CT molecular complexity index is 1260. The first-order chi connectivity index (χ1) is 19.1. The summed E-state index contributed by atoms with van der Waals surface area (Å²) >= 11 is 0. The number of para-hydroxylation sites is 1. The van der Waals surface area contributed by atoms with Crippen LogP contribution >= 0.6 is 0 Å². The molecule has 0 bridgehead atoms. The first kappa shape index (κ1) is 26.9. The maximum atomic E-state index is 13.9. The number of carbonyl (C=O) groups is 1. The average molecular weight is 530 g/mol. The van der Waals surface area contributed by atoms with E-state index in [1.807, 2.05) is 65.6 Å². The van der Waals surface area contributed by atoms with Gasteiger partial charge in [0.05, 0.1) is 26.9 Å². The molecule has 7 heteroatoms. The second kappa shape index (κ2) is 12.4. The minimum Gasteiger partial charge on any atom is -0.494 e. The van der Waals surface area contributed by atoms with Crippen molar-refractivity contribution in [1.29, 1.82) is 0 Å². The Morgan fingerprint density at radius 2 is 1.64 bits per heavy atom. The van der Waals surface area contributed by atoms with Crippen molar-refractivity contribution in [2.24, 2.45) is 0 Å². The fourth-order valence-electron chi connectivity index (χ4n) is 5.74. The lowest BCUT2D eigenvalue weighted by Gasteiger charge is -2.36. The first-order valence-electron chi connectivity index (χ1n) is 13.9. The summed E-state index contributed by atoms with van der Waals surface area (Å²) in [5.74, 6) is 2.29. The molecule has 0 N–H and O–H groups in total. The van der Waals surface area contributed by atoms with Gasteiger partial charge in [-0.05, 0) is 61.3 Å². The summed E-state index contributed by atoms with van der Waals surface area (Å²) in [6.45, 7) is 8.52. The quantitative estimate of drug-likeness (QED) is 0.310. The lowest BCUT2D eigenvalue weighted by atomic mass is 9.99. The fourth-order valence-corrected chi connectivity index (χ4v) is 5.74. The van der Waals surface area contributed by atoms with Crippen molar-refractivity contribution in [2.45, 2.75) is 32.4 Å². The highest BCUT2D eigenvalue weighted by Crippen LogP contribution is 2.40. The minimum absolute atomic E-state index is 0.0859. The number of methoxy groups -OCH3 is 2. The van der Waals surface area contributed by atoms with Crippen LogP contribution in [0.5, 0.6) is 17.2 Å². The highest BCUT2D eigenvalue weighted by molar-refractivity contribution is 6.00.